The molecule has 0 aliphatic carbocycles. The van der Waals surface area contributed by atoms with Crippen LogP contribution in [0.4, 0.5) is 10.1 Å². The van der Waals surface area contributed by atoms with Gasteiger partial charge in [-0.1, -0.05) is 6.92 Å². The molecule has 0 unspecified atom stereocenters. The summed E-state index contributed by atoms with van der Waals surface area (Å²) in [5.74, 6) is -0.249. The SMILES string of the molecule is CCc1c(C)c(C)cc(N)c1F. The molecule has 0 amide bonds. The first-order chi connectivity index (χ1) is 5.57. The molecule has 0 radical (unpaired) electrons. The second kappa shape index (κ2) is 3.13. The minimum Gasteiger partial charge on any atom is -0.396 e. The third kappa shape index (κ3) is 1.29. The monoisotopic (exact) mass is 167 g/mol. The molecule has 2 N–H and O–H groups in total. The average Bonchev–Trinajstić information content (AvgIpc) is 2.02. The van der Waals surface area contributed by atoms with Crippen LogP contribution in [0.25, 0.3) is 0 Å². The van der Waals surface area contributed by atoms with Crippen LogP contribution in [-0.4, -0.2) is 0 Å². The maximum Gasteiger partial charge on any atom is 0.149 e. The van der Waals surface area contributed by atoms with Gasteiger partial charge >= 0.3 is 0 Å². The van der Waals surface area contributed by atoms with Crippen molar-refractivity contribution in [2.24, 2.45) is 0 Å². The van der Waals surface area contributed by atoms with E-state index < -0.39 is 0 Å². The minimum atomic E-state index is -0.249. The minimum absolute atomic E-state index is 0.249. The molecule has 2 heteroatoms. The molecule has 66 valence electrons. The fourth-order valence-corrected chi connectivity index (χ4v) is 1.40. The van der Waals surface area contributed by atoms with Gasteiger partial charge in [-0.25, -0.2) is 4.39 Å². The summed E-state index contributed by atoms with van der Waals surface area (Å²) in [4.78, 5) is 0. The number of halogens is 1. The number of nitrogens with two attached hydrogens (primary N) is 1. The highest BCUT2D eigenvalue weighted by Crippen LogP contribution is 2.22. The molecular weight excluding hydrogens is 153 g/mol. The lowest BCUT2D eigenvalue weighted by molar-refractivity contribution is 0.614. The summed E-state index contributed by atoms with van der Waals surface area (Å²) < 4.78 is 13.3. The van der Waals surface area contributed by atoms with Gasteiger partial charge in [0.1, 0.15) is 5.82 Å². The number of anilines is 1. The highest BCUT2D eigenvalue weighted by molar-refractivity contribution is 5.50. The third-order valence-electron chi connectivity index (χ3n) is 2.29. The van der Waals surface area contributed by atoms with Crippen molar-refractivity contribution in [2.75, 3.05) is 5.73 Å². The van der Waals surface area contributed by atoms with Crippen molar-refractivity contribution in [2.45, 2.75) is 27.2 Å². The van der Waals surface area contributed by atoms with E-state index in [-0.39, 0.29) is 11.5 Å². The molecule has 0 aliphatic rings. The van der Waals surface area contributed by atoms with Crippen molar-refractivity contribution in [1.29, 1.82) is 0 Å². The molecule has 0 saturated heterocycles. The molecule has 0 atom stereocenters. The molecule has 0 bridgehead atoms. The zero-order valence-corrected chi connectivity index (χ0v) is 7.74. The summed E-state index contributed by atoms with van der Waals surface area (Å²) in [7, 11) is 0. The molecular formula is C10H14FN. The van der Waals surface area contributed by atoms with Gasteiger partial charge < -0.3 is 5.73 Å². The Morgan fingerprint density at radius 2 is 2.00 bits per heavy atom. The van der Waals surface area contributed by atoms with Crippen LogP contribution in [0, 0.1) is 19.7 Å². The van der Waals surface area contributed by atoms with Crippen LogP contribution in [0.5, 0.6) is 0 Å². The van der Waals surface area contributed by atoms with Crippen molar-refractivity contribution in [3.8, 4) is 0 Å². The smallest absolute Gasteiger partial charge is 0.149 e. The molecule has 0 saturated carbocycles. The van der Waals surface area contributed by atoms with Crippen molar-refractivity contribution < 1.29 is 4.39 Å². The van der Waals surface area contributed by atoms with Gasteiger partial charge in [-0.05, 0) is 43.0 Å². The number of rotatable bonds is 1. The third-order valence-corrected chi connectivity index (χ3v) is 2.29. The Bertz CT molecular complexity index is 279. The van der Waals surface area contributed by atoms with Crippen LogP contribution >= 0.6 is 0 Å². The van der Waals surface area contributed by atoms with Crippen LogP contribution in [0.2, 0.25) is 0 Å². The van der Waals surface area contributed by atoms with Gasteiger partial charge in [0.2, 0.25) is 0 Å². The average molecular weight is 167 g/mol. The van der Waals surface area contributed by atoms with Crippen molar-refractivity contribution in [1.82, 2.24) is 0 Å². The fourth-order valence-electron chi connectivity index (χ4n) is 1.40. The number of benzene rings is 1. The number of aryl methyl sites for hydroxylation is 1. The fraction of sp³-hybridized carbons (Fsp3) is 0.400. The molecule has 1 aromatic rings. The molecule has 0 aliphatic heterocycles. The standard InChI is InChI=1S/C10H14FN/c1-4-8-7(3)6(2)5-9(12)10(8)11/h5H,4,12H2,1-3H3. The van der Waals surface area contributed by atoms with Crippen LogP contribution in [0.3, 0.4) is 0 Å². The van der Waals surface area contributed by atoms with E-state index in [0.29, 0.717) is 6.42 Å². The number of hydrogen-bond acceptors (Lipinski definition) is 1. The predicted molar refractivity (Wildman–Crippen MR) is 49.7 cm³/mol. The lowest BCUT2D eigenvalue weighted by Gasteiger charge is -2.09. The maximum absolute atomic E-state index is 13.3. The molecule has 1 aromatic carbocycles. The first kappa shape index (κ1) is 9.04. The van der Waals surface area contributed by atoms with Crippen LogP contribution in [0.1, 0.15) is 23.6 Å². The first-order valence-electron chi connectivity index (χ1n) is 4.12. The maximum atomic E-state index is 13.3. The molecule has 0 heterocycles. The summed E-state index contributed by atoms with van der Waals surface area (Å²) >= 11 is 0. The lowest BCUT2D eigenvalue weighted by Crippen LogP contribution is -2.00. The second-order valence-corrected chi connectivity index (χ2v) is 3.05. The lowest BCUT2D eigenvalue weighted by atomic mass is 10.00. The van der Waals surface area contributed by atoms with Gasteiger partial charge in [0.15, 0.2) is 0 Å². The van der Waals surface area contributed by atoms with Crippen molar-refractivity contribution in [3.63, 3.8) is 0 Å². The van der Waals surface area contributed by atoms with E-state index in [1.165, 1.54) is 0 Å². The van der Waals surface area contributed by atoms with E-state index in [0.717, 1.165) is 16.7 Å². The van der Waals surface area contributed by atoms with E-state index in [9.17, 15) is 4.39 Å². The Hall–Kier alpha value is -1.05. The predicted octanol–water partition coefficient (Wildman–Crippen LogP) is 2.59. The molecule has 1 rings (SSSR count). The number of hydrogen-bond donors (Lipinski definition) is 1. The van der Waals surface area contributed by atoms with E-state index >= 15 is 0 Å². The molecule has 0 fully saturated rings. The summed E-state index contributed by atoms with van der Waals surface area (Å²) in [5.41, 5.74) is 8.57. The van der Waals surface area contributed by atoms with Gasteiger partial charge in [0.05, 0.1) is 5.69 Å². The molecule has 1 nitrogen and oxygen atoms in total. The Morgan fingerprint density at radius 1 is 1.42 bits per heavy atom. The van der Waals surface area contributed by atoms with Gasteiger partial charge in [0.25, 0.3) is 0 Å². The zero-order chi connectivity index (χ0) is 9.30. The Kier molecular flexibility index (Phi) is 2.36. The summed E-state index contributed by atoms with van der Waals surface area (Å²) in [6.45, 7) is 5.81. The van der Waals surface area contributed by atoms with Gasteiger partial charge in [0, 0.05) is 0 Å². The highest BCUT2D eigenvalue weighted by Gasteiger charge is 2.09. The molecule has 0 spiro atoms. The van der Waals surface area contributed by atoms with Crippen LogP contribution in [-0.2, 0) is 6.42 Å². The highest BCUT2D eigenvalue weighted by atomic mass is 19.1. The van der Waals surface area contributed by atoms with Crippen molar-refractivity contribution >= 4 is 5.69 Å². The quantitative estimate of drug-likeness (QED) is 0.639. The van der Waals surface area contributed by atoms with Gasteiger partial charge in [-0.3, -0.25) is 0 Å². The summed E-state index contributed by atoms with van der Waals surface area (Å²) in [5, 5.41) is 0. The summed E-state index contributed by atoms with van der Waals surface area (Å²) in [6.07, 6.45) is 0.698. The van der Waals surface area contributed by atoms with E-state index in [1.54, 1.807) is 6.07 Å². The molecule has 0 aromatic heterocycles. The number of nitrogen functional groups attached to an aromatic ring is 1. The molecule has 12 heavy (non-hydrogen) atoms. The first-order valence-corrected chi connectivity index (χ1v) is 4.12. The van der Waals surface area contributed by atoms with Gasteiger partial charge in [-0.2, -0.15) is 0 Å². The Balaban J connectivity index is 3.42. The van der Waals surface area contributed by atoms with E-state index in [2.05, 4.69) is 0 Å². The van der Waals surface area contributed by atoms with Crippen molar-refractivity contribution in [3.05, 3.63) is 28.6 Å². The second-order valence-electron chi connectivity index (χ2n) is 3.05. The van der Waals surface area contributed by atoms with Crippen LogP contribution < -0.4 is 5.73 Å². The van der Waals surface area contributed by atoms with Crippen LogP contribution in [0.15, 0.2) is 6.07 Å². The topological polar surface area (TPSA) is 26.0 Å². The normalized spacial score (nSPS) is 10.3. The summed E-state index contributed by atoms with van der Waals surface area (Å²) in [6, 6.07) is 1.68. The Morgan fingerprint density at radius 3 is 2.50 bits per heavy atom. The van der Waals surface area contributed by atoms with Gasteiger partial charge in [-0.15, -0.1) is 0 Å². The van der Waals surface area contributed by atoms with E-state index in [1.807, 2.05) is 20.8 Å². The van der Waals surface area contributed by atoms with E-state index in [4.69, 9.17) is 5.73 Å². The zero-order valence-electron chi connectivity index (χ0n) is 7.74. The largest absolute Gasteiger partial charge is 0.396 e. The Labute approximate surface area is 72.4 Å².